The van der Waals surface area contributed by atoms with Gasteiger partial charge in [0.2, 0.25) is 5.91 Å². The first kappa shape index (κ1) is 22.1. The highest BCUT2D eigenvalue weighted by Crippen LogP contribution is 2.17. The molecule has 3 atom stereocenters. The predicted octanol–water partition coefficient (Wildman–Crippen LogP) is 0.501. The number of aryl methyl sites for hydroxylation is 1. The summed E-state index contributed by atoms with van der Waals surface area (Å²) in [6.07, 6.45) is 2.00. The highest BCUT2D eigenvalue weighted by Gasteiger charge is 2.28. The Morgan fingerprint density at radius 2 is 2.29 bits per heavy atom. The van der Waals surface area contributed by atoms with Crippen molar-refractivity contribution in [1.29, 1.82) is 0 Å². The first-order valence-electron chi connectivity index (χ1n) is 9.55. The Morgan fingerprint density at radius 1 is 1.54 bits per heavy atom. The summed E-state index contributed by atoms with van der Waals surface area (Å²) in [5.74, 6) is -0.103. The van der Waals surface area contributed by atoms with Crippen LogP contribution in [-0.2, 0) is 27.4 Å². The van der Waals surface area contributed by atoms with Gasteiger partial charge in [-0.25, -0.2) is 4.79 Å². The molecule has 0 radical (unpaired) electrons. The average Bonchev–Trinajstić information content (AvgIpc) is 3.14. The molecule has 10 heteroatoms. The Morgan fingerprint density at radius 3 is 2.96 bits per heavy atom. The summed E-state index contributed by atoms with van der Waals surface area (Å²) in [5.41, 5.74) is 0.698. The molecule has 1 aliphatic heterocycles. The molecule has 0 spiro atoms. The summed E-state index contributed by atoms with van der Waals surface area (Å²) in [6.45, 7) is 5.25. The van der Waals surface area contributed by atoms with Gasteiger partial charge in [-0.1, -0.05) is 12.1 Å². The zero-order valence-corrected chi connectivity index (χ0v) is 17.1. The minimum Gasteiger partial charge on any atom is -0.453 e. The first-order valence-corrected chi connectivity index (χ1v) is 9.55. The minimum atomic E-state index is -0.457. The van der Waals surface area contributed by atoms with Crippen LogP contribution in [0, 0.1) is 5.92 Å². The number of ether oxygens (including phenoxy) is 2. The Hall–Kier alpha value is -2.20. The van der Waals surface area contributed by atoms with Crippen LogP contribution in [-0.4, -0.2) is 87.9 Å². The number of aliphatic hydroxyl groups is 1. The molecule has 2 amide bonds. The predicted molar refractivity (Wildman–Crippen MR) is 100 cm³/mol. The maximum absolute atomic E-state index is 12.8. The minimum absolute atomic E-state index is 0.0203. The number of fused-ring (bicyclic) bond motifs is 2. The Bertz CT molecular complexity index is 652. The Kier molecular flexibility index (Phi) is 8.18. The second-order valence-corrected chi connectivity index (χ2v) is 7.33. The summed E-state index contributed by atoms with van der Waals surface area (Å²) in [4.78, 5) is 27.7. The lowest BCUT2D eigenvalue weighted by atomic mass is 10.0. The second-order valence-electron chi connectivity index (χ2n) is 7.33. The number of rotatable bonds is 4. The summed E-state index contributed by atoms with van der Waals surface area (Å²) >= 11 is 0. The molecule has 0 saturated heterocycles. The van der Waals surface area contributed by atoms with Crippen LogP contribution in [0.1, 0.15) is 32.4 Å². The molecule has 2 rings (SSSR count). The van der Waals surface area contributed by atoms with Crippen LogP contribution >= 0.6 is 0 Å². The topological polar surface area (TPSA) is 110 Å². The van der Waals surface area contributed by atoms with Crippen molar-refractivity contribution in [3.63, 3.8) is 0 Å². The molecule has 1 aromatic heterocycles. The van der Waals surface area contributed by atoms with Gasteiger partial charge < -0.3 is 24.4 Å². The van der Waals surface area contributed by atoms with Crippen molar-refractivity contribution in [2.75, 3.05) is 33.9 Å². The van der Waals surface area contributed by atoms with Crippen LogP contribution in [0.5, 0.6) is 0 Å². The van der Waals surface area contributed by atoms with E-state index in [1.54, 1.807) is 16.6 Å². The smallest absolute Gasteiger partial charge is 0.409 e. The van der Waals surface area contributed by atoms with Gasteiger partial charge in [-0.3, -0.25) is 9.48 Å². The van der Waals surface area contributed by atoms with Gasteiger partial charge in [0.25, 0.3) is 0 Å². The number of hydrogen-bond donors (Lipinski definition) is 1. The number of hydrogen-bond acceptors (Lipinski definition) is 7. The third-order valence-electron chi connectivity index (χ3n) is 4.99. The highest BCUT2D eigenvalue weighted by atomic mass is 16.5. The fraction of sp³-hybridized carbons (Fsp3) is 0.778. The lowest BCUT2D eigenvalue weighted by Crippen LogP contribution is -2.47. The molecule has 2 heterocycles. The normalized spacial score (nSPS) is 22.6. The highest BCUT2D eigenvalue weighted by molar-refractivity contribution is 5.76. The Balaban J connectivity index is 2.23. The summed E-state index contributed by atoms with van der Waals surface area (Å²) in [6, 6.07) is -0.295. The van der Waals surface area contributed by atoms with Crippen molar-refractivity contribution >= 4 is 12.0 Å². The van der Waals surface area contributed by atoms with Crippen molar-refractivity contribution in [2.45, 2.75) is 52.0 Å². The SMILES string of the molecule is COC(=O)N(C)C[C@@H]1OCc2cn(nn2)CCCC(=O)N([C@H](C)CO)C[C@H]1C. The summed E-state index contributed by atoms with van der Waals surface area (Å²) in [7, 11) is 2.97. The van der Waals surface area contributed by atoms with Crippen molar-refractivity contribution in [3.8, 4) is 0 Å². The van der Waals surface area contributed by atoms with Crippen LogP contribution in [0.25, 0.3) is 0 Å². The van der Waals surface area contributed by atoms with E-state index < -0.39 is 6.09 Å². The molecule has 0 aromatic carbocycles. The van der Waals surface area contributed by atoms with E-state index in [9.17, 15) is 14.7 Å². The molecule has 0 unspecified atom stereocenters. The summed E-state index contributed by atoms with van der Waals surface area (Å²) in [5, 5.41) is 17.8. The maximum atomic E-state index is 12.8. The number of nitrogens with zero attached hydrogens (tertiary/aromatic N) is 5. The van der Waals surface area contributed by atoms with Crippen LogP contribution < -0.4 is 0 Å². The van der Waals surface area contributed by atoms with Crippen molar-refractivity contribution < 1.29 is 24.2 Å². The van der Waals surface area contributed by atoms with E-state index in [1.807, 2.05) is 20.0 Å². The monoisotopic (exact) mass is 397 g/mol. The number of aliphatic hydroxyl groups excluding tert-OH is 1. The molecule has 10 nitrogen and oxygen atoms in total. The number of amides is 2. The summed E-state index contributed by atoms with van der Waals surface area (Å²) < 4.78 is 12.5. The van der Waals surface area contributed by atoms with Crippen LogP contribution in [0.3, 0.4) is 0 Å². The van der Waals surface area contributed by atoms with E-state index in [0.29, 0.717) is 38.2 Å². The molecule has 28 heavy (non-hydrogen) atoms. The van der Waals surface area contributed by atoms with E-state index in [4.69, 9.17) is 9.47 Å². The zero-order chi connectivity index (χ0) is 20.7. The molecule has 1 aliphatic rings. The molecule has 2 bridgehead atoms. The van der Waals surface area contributed by atoms with Gasteiger partial charge in [0.1, 0.15) is 5.69 Å². The first-order chi connectivity index (χ1) is 13.3. The number of carbonyl (C=O) groups excluding carboxylic acids is 2. The van der Waals surface area contributed by atoms with E-state index >= 15 is 0 Å². The molecule has 1 N–H and O–H groups in total. The van der Waals surface area contributed by atoms with Gasteiger partial charge in [-0.2, -0.15) is 0 Å². The van der Waals surface area contributed by atoms with Gasteiger partial charge in [0, 0.05) is 32.5 Å². The lowest BCUT2D eigenvalue weighted by Gasteiger charge is -2.34. The molecule has 1 aromatic rings. The number of carbonyl (C=O) groups is 2. The van der Waals surface area contributed by atoms with Crippen LogP contribution in [0.2, 0.25) is 0 Å². The third-order valence-corrected chi connectivity index (χ3v) is 4.99. The van der Waals surface area contributed by atoms with Crippen LogP contribution in [0.4, 0.5) is 4.79 Å². The largest absolute Gasteiger partial charge is 0.453 e. The van der Waals surface area contributed by atoms with Crippen molar-refractivity contribution in [3.05, 3.63) is 11.9 Å². The second kappa shape index (κ2) is 10.4. The molecule has 0 aliphatic carbocycles. The number of aromatic nitrogens is 3. The number of methoxy groups -OCH3 is 1. The van der Waals surface area contributed by atoms with Gasteiger partial charge in [0.15, 0.2) is 0 Å². The maximum Gasteiger partial charge on any atom is 0.409 e. The van der Waals surface area contributed by atoms with Gasteiger partial charge in [-0.15, -0.1) is 5.10 Å². The lowest BCUT2D eigenvalue weighted by molar-refractivity contribution is -0.136. The third kappa shape index (κ3) is 5.90. The fourth-order valence-electron chi connectivity index (χ4n) is 3.19. The molecule has 0 saturated carbocycles. The van der Waals surface area contributed by atoms with Crippen molar-refractivity contribution in [2.24, 2.45) is 5.92 Å². The molecule has 158 valence electrons. The van der Waals surface area contributed by atoms with E-state index in [-0.39, 0.29) is 37.2 Å². The van der Waals surface area contributed by atoms with Gasteiger partial charge in [0.05, 0.1) is 45.2 Å². The zero-order valence-electron chi connectivity index (χ0n) is 17.1. The number of likely N-dealkylation sites (N-methyl/N-ethyl adjacent to an activating group) is 1. The molecule has 0 fully saturated rings. The standard InChI is InChI=1S/C18H31N5O5/c1-13-8-23(14(2)11-24)17(25)6-5-7-22-9-15(19-20-22)12-28-16(13)10-21(3)18(26)27-4/h9,13-14,16,24H,5-8,10-12H2,1-4H3/t13-,14-,16+/m1/s1. The van der Waals surface area contributed by atoms with E-state index in [1.165, 1.54) is 12.0 Å². The van der Waals surface area contributed by atoms with Crippen LogP contribution in [0.15, 0.2) is 6.20 Å². The van der Waals surface area contributed by atoms with Crippen molar-refractivity contribution in [1.82, 2.24) is 24.8 Å². The average molecular weight is 397 g/mol. The Labute approximate surface area is 165 Å². The van der Waals surface area contributed by atoms with E-state index in [0.717, 1.165) is 0 Å². The molecular weight excluding hydrogens is 366 g/mol. The molecular formula is C18H31N5O5. The fourth-order valence-corrected chi connectivity index (χ4v) is 3.19. The van der Waals surface area contributed by atoms with Gasteiger partial charge >= 0.3 is 6.09 Å². The van der Waals surface area contributed by atoms with Gasteiger partial charge in [-0.05, 0) is 13.3 Å². The quantitative estimate of drug-likeness (QED) is 0.788. The van der Waals surface area contributed by atoms with E-state index in [2.05, 4.69) is 10.3 Å².